The Balaban J connectivity index is 2.41. The SMILES string of the molecule is C=CCOc1ccccc1CN=C(N)NCCCCCC. The van der Waals surface area contributed by atoms with E-state index in [4.69, 9.17) is 10.5 Å². The van der Waals surface area contributed by atoms with E-state index >= 15 is 0 Å². The number of unbranched alkanes of at least 4 members (excludes halogenated alkanes) is 3. The van der Waals surface area contributed by atoms with Gasteiger partial charge in [0.15, 0.2) is 5.96 Å². The number of ether oxygens (including phenoxy) is 1. The zero-order chi connectivity index (χ0) is 15.3. The minimum Gasteiger partial charge on any atom is -0.489 e. The van der Waals surface area contributed by atoms with Gasteiger partial charge in [-0.3, -0.25) is 0 Å². The lowest BCUT2D eigenvalue weighted by Gasteiger charge is -2.09. The lowest BCUT2D eigenvalue weighted by molar-refractivity contribution is 0.359. The number of nitrogens with two attached hydrogens (primary N) is 1. The van der Waals surface area contributed by atoms with Crippen LogP contribution in [-0.2, 0) is 6.54 Å². The van der Waals surface area contributed by atoms with Crippen molar-refractivity contribution in [1.82, 2.24) is 5.32 Å². The van der Waals surface area contributed by atoms with Gasteiger partial charge in [0.05, 0.1) is 6.54 Å². The van der Waals surface area contributed by atoms with Gasteiger partial charge in [-0.05, 0) is 12.5 Å². The average Bonchev–Trinajstić information content (AvgIpc) is 2.51. The molecule has 0 saturated carbocycles. The molecule has 0 fully saturated rings. The predicted molar refractivity (Wildman–Crippen MR) is 89.6 cm³/mol. The third-order valence-corrected chi connectivity index (χ3v) is 3.09. The first-order valence-electron chi connectivity index (χ1n) is 7.63. The van der Waals surface area contributed by atoms with Crippen LogP contribution in [0.1, 0.15) is 38.2 Å². The normalized spacial score (nSPS) is 11.2. The van der Waals surface area contributed by atoms with Crippen LogP contribution in [0.3, 0.4) is 0 Å². The van der Waals surface area contributed by atoms with Gasteiger partial charge in [-0.1, -0.05) is 57.0 Å². The maximum absolute atomic E-state index is 5.87. The maximum Gasteiger partial charge on any atom is 0.188 e. The molecule has 3 N–H and O–H groups in total. The number of hydrogen-bond acceptors (Lipinski definition) is 2. The van der Waals surface area contributed by atoms with Crippen LogP contribution in [0.2, 0.25) is 0 Å². The molecule has 21 heavy (non-hydrogen) atoms. The fourth-order valence-electron chi connectivity index (χ4n) is 1.92. The van der Waals surface area contributed by atoms with E-state index in [1.807, 2.05) is 24.3 Å². The van der Waals surface area contributed by atoms with Crippen LogP contribution in [0.15, 0.2) is 41.9 Å². The van der Waals surface area contributed by atoms with Crippen LogP contribution in [-0.4, -0.2) is 19.1 Å². The number of benzene rings is 1. The standard InChI is InChI=1S/C17H27N3O/c1-3-5-6-9-12-19-17(18)20-14-15-10-7-8-11-16(15)21-13-4-2/h4,7-8,10-11H,2-3,5-6,9,12-14H2,1H3,(H3,18,19,20). The quantitative estimate of drug-likeness (QED) is 0.301. The van der Waals surface area contributed by atoms with Gasteiger partial charge in [0.2, 0.25) is 0 Å². The van der Waals surface area contributed by atoms with Gasteiger partial charge >= 0.3 is 0 Å². The number of guanidine groups is 1. The highest BCUT2D eigenvalue weighted by atomic mass is 16.5. The monoisotopic (exact) mass is 289 g/mol. The van der Waals surface area contributed by atoms with E-state index in [1.165, 1.54) is 19.3 Å². The van der Waals surface area contributed by atoms with Gasteiger partial charge in [0.1, 0.15) is 12.4 Å². The van der Waals surface area contributed by atoms with E-state index in [0.717, 1.165) is 24.3 Å². The minimum atomic E-state index is 0.491. The fourth-order valence-corrected chi connectivity index (χ4v) is 1.92. The second kappa shape index (κ2) is 10.8. The van der Waals surface area contributed by atoms with Crippen molar-refractivity contribution >= 4 is 5.96 Å². The maximum atomic E-state index is 5.87. The molecule has 0 heterocycles. The summed E-state index contributed by atoms with van der Waals surface area (Å²) in [6, 6.07) is 7.85. The largest absolute Gasteiger partial charge is 0.489 e. The van der Waals surface area contributed by atoms with Gasteiger partial charge in [0, 0.05) is 12.1 Å². The van der Waals surface area contributed by atoms with E-state index in [1.54, 1.807) is 6.08 Å². The molecule has 0 aliphatic carbocycles. The summed E-state index contributed by atoms with van der Waals surface area (Å²) < 4.78 is 5.60. The van der Waals surface area contributed by atoms with Crippen molar-refractivity contribution in [3.63, 3.8) is 0 Å². The molecular formula is C17H27N3O. The lowest BCUT2D eigenvalue weighted by atomic mass is 10.2. The highest BCUT2D eigenvalue weighted by Crippen LogP contribution is 2.18. The summed E-state index contributed by atoms with van der Waals surface area (Å²) in [6.07, 6.45) is 6.60. The number of rotatable bonds is 10. The summed E-state index contributed by atoms with van der Waals surface area (Å²) in [5.41, 5.74) is 6.89. The fraction of sp³-hybridized carbons (Fsp3) is 0.471. The van der Waals surface area contributed by atoms with Crippen molar-refractivity contribution in [2.75, 3.05) is 13.2 Å². The molecule has 0 aliphatic rings. The Hall–Kier alpha value is -1.97. The Morgan fingerprint density at radius 2 is 2.14 bits per heavy atom. The second-order valence-corrected chi connectivity index (χ2v) is 4.90. The molecule has 116 valence electrons. The average molecular weight is 289 g/mol. The molecular weight excluding hydrogens is 262 g/mol. The van der Waals surface area contributed by atoms with Gasteiger partial charge in [-0.15, -0.1) is 0 Å². The first kappa shape index (κ1) is 17.1. The number of hydrogen-bond donors (Lipinski definition) is 2. The topological polar surface area (TPSA) is 59.6 Å². The van der Waals surface area contributed by atoms with Gasteiger partial charge in [-0.2, -0.15) is 0 Å². The molecule has 0 unspecified atom stereocenters. The number of para-hydroxylation sites is 1. The van der Waals surface area contributed by atoms with Crippen LogP contribution in [0.25, 0.3) is 0 Å². The number of aliphatic imine (C=N–C) groups is 1. The molecule has 4 nitrogen and oxygen atoms in total. The van der Waals surface area contributed by atoms with Crippen molar-refractivity contribution in [3.05, 3.63) is 42.5 Å². The highest BCUT2D eigenvalue weighted by Gasteiger charge is 2.01. The Bertz CT molecular complexity index is 443. The molecule has 4 heteroatoms. The Kier molecular flexibility index (Phi) is 8.76. The highest BCUT2D eigenvalue weighted by molar-refractivity contribution is 5.77. The van der Waals surface area contributed by atoms with E-state index in [9.17, 15) is 0 Å². The van der Waals surface area contributed by atoms with Crippen LogP contribution < -0.4 is 15.8 Å². The molecule has 0 bridgehead atoms. The molecule has 0 radical (unpaired) electrons. The van der Waals surface area contributed by atoms with Crippen molar-refractivity contribution in [2.24, 2.45) is 10.7 Å². The first-order valence-corrected chi connectivity index (χ1v) is 7.63. The smallest absolute Gasteiger partial charge is 0.188 e. The van der Waals surface area contributed by atoms with Gasteiger partial charge in [0.25, 0.3) is 0 Å². The van der Waals surface area contributed by atoms with Gasteiger partial charge < -0.3 is 15.8 Å². The van der Waals surface area contributed by atoms with Crippen LogP contribution in [0, 0.1) is 0 Å². The first-order chi connectivity index (χ1) is 10.3. The summed E-state index contributed by atoms with van der Waals surface area (Å²) in [6.45, 7) is 7.74. The van der Waals surface area contributed by atoms with Crippen molar-refractivity contribution < 1.29 is 4.74 Å². The Morgan fingerprint density at radius 1 is 1.33 bits per heavy atom. The summed E-state index contributed by atoms with van der Waals surface area (Å²) >= 11 is 0. The van der Waals surface area contributed by atoms with Gasteiger partial charge in [-0.25, -0.2) is 4.99 Å². The molecule has 0 atom stereocenters. The van der Waals surface area contributed by atoms with Crippen LogP contribution in [0.5, 0.6) is 5.75 Å². The third-order valence-electron chi connectivity index (χ3n) is 3.09. The van der Waals surface area contributed by atoms with E-state index in [0.29, 0.717) is 19.1 Å². The molecule has 1 aromatic rings. The molecule has 1 rings (SSSR count). The molecule has 0 spiro atoms. The molecule has 0 aromatic heterocycles. The summed E-state index contributed by atoms with van der Waals surface area (Å²) in [5.74, 6) is 1.32. The number of nitrogens with zero attached hydrogens (tertiary/aromatic N) is 1. The molecule has 0 amide bonds. The second-order valence-electron chi connectivity index (χ2n) is 4.90. The lowest BCUT2D eigenvalue weighted by Crippen LogP contribution is -2.32. The predicted octanol–water partition coefficient (Wildman–Crippen LogP) is 3.24. The molecule has 1 aromatic carbocycles. The van der Waals surface area contributed by atoms with Crippen LogP contribution >= 0.6 is 0 Å². The molecule has 0 aliphatic heterocycles. The van der Waals surface area contributed by atoms with Crippen molar-refractivity contribution in [1.29, 1.82) is 0 Å². The Labute approximate surface area is 128 Å². The zero-order valence-electron chi connectivity index (χ0n) is 13.0. The van der Waals surface area contributed by atoms with Crippen LogP contribution in [0.4, 0.5) is 0 Å². The number of nitrogens with one attached hydrogen (secondary N) is 1. The Morgan fingerprint density at radius 3 is 2.90 bits per heavy atom. The van der Waals surface area contributed by atoms with E-state index in [2.05, 4.69) is 23.8 Å². The summed E-state index contributed by atoms with van der Waals surface area (Å²) in [5, 5.41) is 3.15. The molecule has 0 saturated heterocycles. The minimum absolute atomic E-state index is 0.491. The van der Waals surface area contributed by atoms with E-state index in [-0.39, 0.29) is 0 Å². The summed E-state index contributed by atoms with van der Waals surface area (Å²) in [7, 11) is 0. The van der Waals surface area contributed by atoms with Crippen molar-refractivity contribution in [2.45, 2.75) is 39.2 Å². The third kappa shape index (κ3) is 7.40. The summed E-state index contributed by atoms with van der Waals surface area (Å²) in [4.78, 5) is 4.36. The van der Waals surface area contributed by atoms with E-state index < -0.39 is 0 Å². The zero-order valence-corrected chi connectivity index (χ0v) is 13.0. The van der Waals surface area contributed by atoms with Crippen molar-refractivity contribution in [3.8, 4) is 5.75 Å².